The van der Waals surface area contributed by atoms with Gasteiger partial charge in [-0.2, -0.15) is 0 Å². The number of halogens is 1. The molecule has 2 aromatic rings. The fraction of sp³-hybridized carbons (Fsp3) is 0.222. The molecular formula is C18H16FN3O4S. The molecule has 7 nitrogen and oxygen atoms in total. The molecule has 0 radical (unpaired) electrons. The van der Waals surface area contributed by atoms with Gasteiger partial charge < -0.3 is 10.2 Å². The van der Waals surface area contributed by atoms with Crippen molar-refractivity contribution in [3.8, 4) is 0 Å². The summed E-state index contributed by atoms with van der Waals surface area (Å²) >= 11 is 1.58. The number of thioether (sulfide) groups is 1. The largest absolute Gasteiger partial charge is 0.323 e. The average Bonchev–Trinajstić information content (AvgIpc) is 3.05. The normalized spacial score (nSPS) is 16.4. The van der Waals surface area contributed by atoms with Crippen molar-refractivity contribution < 1.29 is 18.9 Å². The molecule has 3 rings (SSSR count). The summed E-state index contributed by atoms with van der Waals surface area (Å²) in [4.78, 5) is 37.4. The number of nitro groups is 1. The monoisotopic (exact) mass is 389 g/mol. The SMILES string of the molecule is CSc1ccc(N2CC(C(=O)Nc3cc([N+](=O)[O-])ccc3F)CC2=O)cc1. The van der Waals surface area contributed by atoms with Gasteiger partial charge in [0.25, 0.3) is 5.69 Å². The average molecular weight is 389 g/mol. The fourth-order valence-electron chi connectivity index (χ4n) is 2.85. The first kappa shape index (κ1) is 18.8. The summed E-state index contributed by atoms with van der Waals surface area (Å²) in [5.74, 6) is -2.20. The lowest BCUT2D eigenvalue weighted by Crippen LogP contribution is -2.28. The number of rotatable bonds is 5. The Morgan fingerprint density at radius 1 is 1.30 bits per heavy atom. The van der Waals surface area contributed by atoms with Crippen molar-refractivity contribution in [2.45, 2.75) is 11.3 Å². The van der Waals surface area contributed by atoms with Gasteiger partial charge in [0.05, 0.1) is 16.5 Å². The van der Waals surface area contributed by atoms with E-state index in [0.29, 0.717) is 5.69 Å². The van der Waals surface area contributed by atoms with Crippen LogP contribution in [-0.2, 0) is 9.59 Å². The standard InChI is InChI=1S/C18H16FN3O4S/c1-27-14-5-2-12(3-6-14)21-10-11(8-17(21)23)18(24)20-16-9-13(22(25)26)4-7-15(16)19/h2-7,9,11H,8,10H2,1H3,(H,20,24). The molecule has 2 amide bonds. The molecule has 1 fully saturated rings. The lowest BCUT2D eigenvalue weighted by Gasteiger charge is -2.17. The molecule has 140 valence electrons. The van der Waals surface area contributed by atoms with Gasteiger partial charge in [-0.15, -0.1) is 11.8 Å². The van der Waals surface area contributed by atoms with Crippen molar-refractivity contribution >= 4 is 40.6 Å². The van der Waals surface area contributed by atoms with Crippen LogP contribution in [0.3, 0.4) is 0 Å². The van der Waals surface area contributed by atoms with Crippen LogP contribution >= 0.6 is 11.8 Å². The molecule has 0 bridgehead atoms. The highest BCUT2D eigenvalue weighted by Crippen LogP contribution is 2.28. The van der Waals surface area contributed by atoms with Gasteiger partial charge >= 0.3 is 0 Å². The van der Waals surface area contributed by atoms with E-state index < -0.39 is 22.6 Å². The van der Waals surface area contributed by atoms with E-state index in [1.165, 1.54) is 4.90 Å². The number of hydrogen-bond donors (Lipinski definition) is 1. The first-order chi connectivity index (χ1) is 12.9. The van der Waals surface area contributed by atoms with Gasteiger partial charge in [-0.05, 0) is 36.6 Å². The number of carbonyl (C=O) groups excluding carboxylic acids is 2. The van der Waals surface area contributed by atoms with E-state index in [0.717, 1.165) is 23.1 Å². The van der Waals surface area contributed by atoms with E-state index in [-0.39, 0.29) is 30.2 Å². The maximum Gasteiger partial charge on any atom is 0.271 e. The summed E-state index contributed by atoms with van der Waals surface area (Å²) in [6, 6.07) is 10.3. The van der Waals surface area contributed by atoms with E-state index in [2.05, 4.69) is 5.32 Å². The molecular weight excluding hydrogens is 373 g/mol. The minimum atomic E-state index is -0.775. The van der Waals surface area contributed by atoms with Gasteiger partial charge in [0, 0.05) is 35.7 Å². The number of nitrogens with zero attached hydrogens (tertiary/aromatic N) is 2. The van der Waals surface area contributed by atoms with E-state index in [4.69, 9.17) is 0 Å². The molecule has 1 N–H and O–H groups in total. The van der Waals surface area contributed by atoms with Crippen molar-refractivity contribution in [3.63, 3.8) is 0 Å². The Morgan fingerprint density at radius 3 is 2.63 bits per heavy atom. The van der Waals surface area contributed by atoms with E-state index in [9.17, 15) is 24.1 Å². The van der Waals surface area contributed by atoms with Gasteiger partial charge in [-0.3, -0.25) is 19.7 Å². The molecule has 1 aliphatic rings. The van der Waals surface area contributed by atoms with Gasteiger partial charge in [0.15, 0.2) is 0 Å². The van der Waals surface area contributed by atoms with Gasteiger partial charge in [0.2, 0.25) is 11.8 Å². The van der Waals surface area contributed by atoms with Crippen LogP contribution in [0.15, 0.2) is 47.4 Å². The Bertz CT molecular complexity index is 904. The number of anilines is 2. The molecule has 27 heavy (non-hydrogen) atoms. The second kappa shape index (κ2) is 7.75. The van der Waals surface area contributed by atoms with Crippen LogP contribution in [0.2, 0.25) is 0 Å². The van der Waals surface area contributed by atoms with E-state index in [1.54, 1.807) is 11.8 Å². The van der Waals surface area contributed by atoms with Crippen LogP contribution < -0.4 is 10.2 Å². The quantitative estimate of drug-likeness (QED) is 0.480. The topological polar surface area (TPSA) is 92.6 Å². The zero-order valence-electron chi connectivity index (χ0n) is 14.3. The zero-order valence-corrected chi connectivity index (χ0v) is 15.2. The summed E-state index contributed by atoms with van der Waals surface area (Å²) in [5, 5.41) is 13.2. The van der Waals surface area contributed by atoms with Crippen LogP contribution in [0, 0.1) is 21.8 Å². The molecule has 0 aromatic heterocycles. The third-order valence-corrected chi connectivity index (χ3v) is 5.04. The lowest BCUT2D eigenvalue weighted by atomic mass is 10.1. The highest BCUT2D eigenvalue weighted by atomic mass is 32.2. The molecule has 0 aliphatic carbocycles. The second-order valence-corrected chi connectivity index (χ2v) is 6.89. The Balaban J connectivity index is 1.72. The third-order valence-electron chi connectivity index (χ3n) is 4.30. The number of carbonyl (C=O) groups is 2. The smallest absolute Gasteiger partial charge is 0.271 e. The molecule has 1 unspecified atom stereocenters. The number of hydrogen-bond acceptors (Lipinski definition) is 5. The maximum atomic E-state index is 13.9. The molecule has 1 atom stereocenters. The van der Waals surface area contributed by atoms with Crippen LogP contribution in [0.5, 0.6) is 0 Å². The predicted octanol–water partition coefficient (Wildman–Crippen LogP) is 3.45. The van der Waals surface area contributed by atoms with Gasteiger partial charge in [-0.25, -0.2) is 4.39 Å². The first-order valence-electron chi connectivity index (χ1n) is 8.08. The molecule has 1 aliphatic heterocycles. The van der Waals surface area contributed by atoms with Crippen LogP contribution in [0.1, 0.15) is 6.42 Å². The Hall–Kier alpha value is -2.94. The van der Waals surface area contributed by atoms with Gasteiger partial charge in [-0.1, -0.05) is 0 Å². The zero-order chi connectivity index (χ0) is 19.6. The van der Waals surface area contributed by atoms with E-state index in [1.807, 2.05) is 30.5 Å². The molecule has 9 heteroatoms. The van der Waals surface area contributed by atoms with Crippen LogP contribution in [0.25, 0.3) is 0 Å². The summed E-state index contributed by atoms with van der Waals surface area (Å²) in [6.45, 7) is 0.166. The highest BCUT2D eigenvalue weighted by molar-refractivity contribution is 7.98. The Kier molecular flexibility index (Phi) is 5.41. The highest BCUT2D eigenvalue weighted by Gasteiger charge is 2.35. The minimum absolute atomic E-state index is 0.00728. The van der Waals surface area contributed by atoms with Crippen molar-refractivity contribution in [2.75, 3.05) is 23.0 Å². The number of non-ortho nitro benzene ring substituents is 1. The maximum absolute atomic E-state index is 13.9. The second-order valence-electron chi connectivity index (χ2n) is 6.01. The summed E-state index contributed by atoms with van der Waals surface area (Å²) < 4.78 is 13.9. The molecule has 0 saturated carbocycles. The van der Waals surface area contributed by atoms with E-state index >= 15 is 0 Å². The summed E-state index contributed by atoms with van der Waals surface area (Å²) in [6.07, 6.45) is 1.94. The number of amides is 2. The number of nitro benzene ring substituents is 1. The summed E-state index contributed by atoms with van der Waals surface area (Å²) in [7, 11) is 0. The molecule has 1 saturated heterocycles. The Labute approximate surface area is 158 Å². The minimum Gasteiger partial charge on any atom is -0.323 e. The van der Waals surface area contributed by atoms with Crippen LogP contribution in [-0.4, -0.2) is 29.5 Å². The number of nitrogens with one attached hydrogen (secondary N) is 1. The van der Waals surface area contributed by atoms with Gasteiger partial charge in [0.1, 0.15) is 5.82 Å². The third kappa shape index (κ3) is 4.08. The number of benzene rings is 2. The molecule has 2 aromatic carbocycles. The summed E-state index contributed by atoms with van der Waals surface area (Å²) in [5.41, 5.74) is 0.0868. The fourth-order valence-corrected chi connectivity index (χ4v) is 3.26. The Morgan fingerprint density at radius 2 is 2.00 bits per heavy atom. The molecule has 0 spiro atoms. The van der Waals surface area contributed by atoms with Crippen LogP contribution in [0.4, 0.5) is 21.5 Å². The van der Waals surface area contributed by atoms with Crippen molar-refractivity contribution in [1.29, 1.82) is 0 Å². The lowest BCUT2D eigenvalue weighted by molar-refractivity contribution is -0.384. The molecule has 1 heterocycles. The predicted molar refractivity (Wildman–Crippen MR) is 100 cm³/mol. The van der Waals surface area contributed by atoms with Crippen molar-refractivity contribution in [2.24, 2.45) is 5.92 Å². The van der Waals surface area contributed by atoms with Crippen molar-refractivity contribution in [1.82, 2.24) is 0 Å². The van der Waals surface area contributed by atoms with Crippen molar-refractivity contribution in [3.05, 3.63) is 58.4 Å². The first-order valence-corrected chi connectivity index (χ1v) is 9.30.